The first-order chi connectivity index (χ1) is 13.0. The molecule has 4 rings (SSSR count). The van der Waals surface area contributed by atoms with Crippen molar-refractivity contribution in [3.8, 4) is 0 Å². The smallest absolute Gasteiger partial charge is 0.255 e. The van der Waals surface area contributed by atoms with Crippen LogP contribution >= 0.6 is 0 Å². The van der Waals surface area contributed by atoms with Gasteiger partial charge >= 0.3 is 0 Å². The van der Waals surface area contributed by atoms with Crippen LogP contribution in [0, 0.1) is 0 Å². The molecule has 0 radical (unpaired) electrons. The molecule has 3 heterocycles. The van der Waals surface area contributed by atoms with Gasteiger partial charge in [0.2, 0.25) is 10.0 Å². The molecule has 0 aliphatic carbocycles. The number of piperidine rings is 1. The van der Waals surface area contributed by atoms with E-state index in [0.29, 0.717) is 16.6 Å². The van der Waals surface area contributed by atoms with Crippen molar-refractivity contribution in [2.24, 2.45) is 0 Å². The Hall–Kier alpha value is -2.67. The molecule has 1 aromatic carbocycles. The van der Waals surface area contributed by atoms with Crippen LogP contribution in [0.1, 0.15) is 35.2 Å². The Morgan fingerprint density at radius 3 is 2.52 bits per heavy atom. The maximum absolute atomic E-state index is 12.8. The first-order valence-electron chi connectivity index (χ1n) is 9.08. The lowest BCUT2D eigenvalue weighted by molar-refractivity contribution is 0.0724. The summed E-state index contributed by atoms with van der Waals surface area (Å²) in [6, 6.07) is 12.5. The van der Waals surface area contributed by atoms with Crippen LogP contribution in [-0.4, -0.2) is 41.3 Å². The standard InChI is InChI=1S/C20H21N3O3S/c24-20(22-10-5-2-6-11-22)18-13-17-9-12-23(19(17)21-14-18)27(25,26)15-16-7-3-1-4-8-16/h1,3-4,7-9,12-14H,2,5-6,10-11,15H2. The summed E-state index contributed by atoms with van der Waals surface area (Å²) >= 11 is 0. The van der Waals surface area contributed by atoms with Crippen molar-refractivity contribution in [1.82, 2.24) is 13.9 Å². The van der Waals surface area contributed by atoms with Gasteiger partial charge < -0.3 is 4.90 Å². The number of carbonyl (C=O) groups is 1. The Balaban J connectivity index is 1.63. The number of likely N-dealkylation sites (tertiary alicyclic amines) is 1. The van der Waals surface area contributed by atoms with Gasteiger partial charge in [-0.3, -0.25) is 4.79 Å². The third kappa shape index (κ3) is 3.60. The van der Waals surface area contributed by atoms with Crippen LogP contribution in [0.4, 0.5) is 0 Å². The fourth-order valence-electron chi connectivity index (χ4n) is 3.48. The first kappa shape index (κ1) is 17.7. The molecule has 1 amide bonds. The Kier molecular flexibility index (Phi) is 4.70. The molecule has 0 bridgehead atoms. The van der Waals surface area contributed by atoms with Gasteiger partial charge in [0.15, 0.2) is 5.65 Å². The van der Waals surface area contributed by atoms with Crippen molar-refractivity contribution in [3.63, 3.8) is 0 Å². The third-order valence-electron chi connectivity index (χ3n) is 4.88. The minimum absolute atomic E-state index is 0.0380. The van der Waals surface area contributed by atoms with Crippen molar-refractivity contribution in [3.05, 3.63) is 66.0 Å². The minimum atomic E-state index is -3.59. The van der Waals surface area contributed by atoms with E-state index >= 15 is 0 Å². The number of nitrogens with zero attached hydrogens (tertiary/aromatic N) is 3. The fourth-order valence-corrected chi connectivity index (χ4v) is 4.89. The number of hydrogen-bond donors (Lipinski definition) is 0. The quantitative estimate of drug-likeness (QED) is 0.694. The van der Waals surface area contributed by atoms with Crippen LogP contribution in [0.3, 0.4) is 0 Å². The van der Waals surface area contributed by atoms with Gasteiger partial charge in [0.25, 0.3) is 5.91 Å². The molecule has 140 valence electrons. The molecule has 0 atom stereocenters. The predicted octanol–water partition coefficient (Wildman–Crippen LogP) is 3.04. The highest BCUT2D eigenvalue weighted by atomic mass is 32.2. The highest BCUT2D eigenvalue weighted by Gasteiger charge is 2.21. The highest BCUT2D eigenvalue weighted by Crippen LogP contribution is 2.21. The third-order valence-corrected chi connectivity index (χ3v) is 6.47. The minimum Gasteiger partial charge on any atom is -0.339 e. The molecule has 0 spiro atoms. The van der Waals surface area contributed by atoms with E-state index in [1.165, 1.54) is 16.4 Å². The van der Waals surface area contributed by atoms with Crippen molar-refractivity contribution >= 4 is 27.0 Å². The summed E-state index contributed by atoms with van der Waals surface area (Å²) in [6.45, 7) is 1.53. The molecule has 1 aliphatic heterocycles. The SMILES string of the molecule is O=C(c1cnc2c(ccn2S(=O)(=O)Cc2ccccc2)c1)N1CCCCC1. The van der Waals surface area contributed by atoms with Gasteiger partial charge in [-0.15, -0.1) is 0 Å². The van der Waals surface area contributed by atoms with E-state index in [0.717, 1.165) is 37.9 Å². The van der Waals surface area contributed by atoms with Gasteiger partial charge in [0.05, 0.1) is 11.3 Å². The van der Waals surface area contributed by atoms with Gasteiger partial charge in [-0.2, -0.15) is 0 Å². The number of aromatic nitrogens is 2. The largest absolute Gasteiger partial charge is 0.339 e. The van der Waals surface area contributed by atoms with Gasteiger partial charge in [0.1, 0.15) is 0 Å². The number of fused-ring (bicyclic) bond motifs is 1. The van der Waals surface area contributed by atoms with Crippen LogP contribution in [0.15, 0.2) is 54.9 Å². The number of amides is 1. The number of pyridine rings is 1. The molecule has 1 fully saturated rings. The number of rotatable bonds is 4. The number of hydrogen-bond acceptors (Lipinski definition) is 4. The Labute approximate surface area is 158 Å². The molecule has 0 saturated carbocycles. The zero-order valence-corrected chi connectivity index (χ0v) is 15.7. The van der Waals surface area contributed by atoms with Crippen LogP contribution in [-0.2, 0) is 15.8 Å². The van der Waals surface area contributed by atoms with Gasteiger partial charge in [-0.1, -0.05) is 30.3 Å². The molecule has 0 N–H and O–H groups in total. The van der Waals surface area contributed by atoms with E-state index in [4.69, 9.17) is 0 Å². The van der Waals surface area contributed by atoms with Gasteiger partial charge in [-0.25, -0.2) is 17.4 Å². The van der Waals surface area contributed by atoms with Crippen molar-refractivity contribution in [2.45, 2.75) is 25.0 Å². The second kappa shape index (κ2) is 7.15. The molecule has 27 heavy (non-hydrogen) atoms. The zero-order chi connectivity index (χ0) is 18.9. The normalized spacial score (nSPS) is 15.2. The van der Waals surface area contributed by atoms with E-state index < -0.39 is 10.0 Å². The van der Waals surface area contributed by atoms with Crippen LogP contribution in [0.5, 0.6) is 0 Å². The van der Waals surface area contributed by atoms with E-state index in [1.54, 1.807) is 24.3 Å². The fraction of sp³-hybridized carbons (Fsp3) is 0.300. The molecule has 1 saturated heterocycles. The Bertz CT molecular complexity index is 1070. The average Bonchev–Trinajstić information content (AvgIpc) is 3.13. The van der Waals surface area contributed by atoms with Crippen molar-refractivity contribution < 1.29 is 13.2 Å². The summed E-state index contributed by atoms with van der Waals surface area (Å²) in [7, 11) is -3.59. The Morgan fingerprint density at radius 2 is 1.78 bits per heavy atom. The van der Waals surface area contributed by atoms with E-state index in [9.17, 15) is 13.2 Å². The topological polar surface area (TPSA) is 72.3 Å². The van der Waals surface area contributed by atoms with E-state index in [2.05, 4.69) is 4.98 Å². The Morgan fingerprint density at radius 1 is 1.04 bits per heavy atom. The molecule has 6 nitrogen and oxygen atoms in total. The van der Waals surface area contributed by atoms with Crippen LogP contribution in [0.2, 0.25) is 0 Å². The van der Waals surface area contributed by atoms with E-state index in [-0.39, 0.29) is 11.7 Å². The molecule has 3 aromatic rings. The molecule has 1 aliphatic rings. The lowest BCUT2D eigenvalue weighted by atomic mass is 10.1. The average molecular weight is 383 g/mol. The zero-order valence-electron chi connectivity index (χ0n) is 14.9. The predicted molar refractivity (Wildman–Crippen MR) is 104 cm³/mol. The second-order valence-electron chi connectivity index (χ2n) is 6.84. The summed E-state index contributed by atoms with van der Waals surface area (Å²) in [6.07, 6.45) is 6.19. The van der Waals surface area contributed by atoms with Crippen molar-refractivity contribution in [1.29, 1.82) is 0 Å². The van der Waals surface area contributed by atoms with Gasteiger partial charge in [-0.05, 0) is 37.0 Å². The molecule has 2 aromatic heterocycles. The highest BCUT2D eigenvalue weighted by molar-refractivity contribution is 7.89. The molecule has 7 heteroatoms. The van der Waals surface area contributed by atoms with Crippen LogP contribution < -0.4 is 0 Å². The second-order valence-corrected chi connectivity index (χ2v) is 8.69. The lowest BCUT2D eigenvalue weighted by Crippen LogP contribution is -2.35. The summed E-state index contributed by atoms with van der Waals surface area (Å²) in [5.41, 5.74) is 1.57. The summed E-state index contributed by atoms with van der Waals surface area (Å²) < 4.78 is 26.8. The monoisotopic (exact) mass is 383 g/mol. The molecular formula is C20H21N3O3S. The number of carbonyl (C=O) groups excluding carboxylic acids is 1. The maximum Gasteiger partial charge on any atom is 0.255 e. The lowest BCUT2D eigenvalue weighted by Gasteiger charge is -2.26. The molecular weight excluding hydrogens is 362 g/mol. The maximum atomic E-state index is 12.8. The van der Waals surface area contributed by atoms with Gasteiger partial charge in [0, 0.05) is 30.9 Å². The van der Waals surface area contributed by atoms with E-state index in [1.807, 2.05) is 23.1 Å². The summed E-state index contributed by atoms with van der Waals surface area (Å²) in [5, 5.41) is 0.648. The summed E-state index contributed by atoms with van der Waals surface area (Å²) in [4.78, 5) is 18.8. The summed E-state index contributed by atoms with van der Waals surface area (Å²) in [5.74, 6) is -0.141. The van der Waals surface area contributed by atoms with Crippen molar-refractivity contribution in [2.75, 3.05) is 13.1 Å². The first-order valence-corrected chi connectivity index (χ1v) is 10.7. The number of benzene rings is 1. The molecule has 0 unspecified atom stereocenters. The van der Waals surface area contributed by atoms with Crippen LogP contribution in [0.25, 0.3) is 11.0 Å².